The predicted molar refractivity (Wildman–Crippen MR) is 103 cm³/mol. The van der Waals surface area contributed by atoms with Gasteiger partial charge in [0.25, 0.3) is 0 Å². The van der Waals surface area contributed by atoms with Crippen molar-refractivity contribution in [2.24, 2.45) is 11.7 Å². The molecule has 1 rings (SSSR count). The van der Waals surface area contributed by atoms with Crippen molar-refractivity contribution in [1.82, 2.24) is 10.6 Å². The molecule has 0 radical (unpaired) electrons. The molecule has 0 saturated carbocycles. The molecule has 0 aliphatic heterocycles. The fourth-order valence-corrected chi connectivity index (χ4v) is 2.89. The third kappa shape index (κ3) is 7.24. The number of hydrogen-bond acceptors (Lipinski definition) is 5. The molecular weight excluding hydrogens is 314 g/mol. The fraction of sp³-hybridized carbons (Fsp3) is 0.650. The maximum Gasteiger partial charge on any atom is 0.157 e. The molecule has 0 bridgehead atoms. The highest BCUT2D eigenvalue weighted by atomic mass is 16.3. The van der Waals surface area contributed by atoms with Crippen LogP contribution in [0.3, 0.4) is 0 Å². The van der Waals surface area contributed by atoms with Crippen molar-refractivity contribution in [3.8, 4) is 0 Å². The maximum absolute atomic E-state index is 12.0. The summed E-state index contributed by atoms with van der Waals surface area (Å²) in [7, 11) is 0. The van der Waals surface area contributed by atoms with Crippen LogP contribution in [0.4, 0.5) is 0 Å². The summed E-state index contributed by atoms with van der Waals surface area (Å²) in [5, 5.41) is 17.4. The smallest absolute Gasteiger partial charge is 0.157 e. The van der Waals surface area contributed by atoms with Gasteiger partial charge in [0.2, 0.25) is 0 Å². The van der Waals surface area contributed by atoms with Gasteiger partial charge in [-0.05, 0) is 51.6 Å². The van der Waals surface area contributed by atoms with Gasteiger partial charge in [0.05, 0.1) is 0 Å². The molecule has 0 aliphatic rings. The average Bonchev–Trinajstić information content (AvgIpc) is 2.52. The Morgan fingerprint density at radius 1 is 1.20 bits per heavy atom. The van der Waals surface area contributed by atoms with Crippen LogP contribution in [0.5, 0.6) is 0 Å². The molecule has 0 fully saturated rings. The van der Waals surface area contributed by atoms with E-state index in [1.807, 2.05) is 51.1 Å². The first-order valence-corrected chi connectivity index (χ1v) is 9.08. The molecular formula is C20H35N3O2. The van der Waals surface area contributed by atoms with E-state index in [1.54, 1.807) is 0 Å². The lowest BCUT2D eigenvalue weighted by Gasteiger charge is -2.42. The van der Waals surface area contributed by atoms with Crippen LogP contribution in [0.15, 0.2) is 30.3 Å². The minimum Gasteiger partial charge on any atom is -0.388 e. The van der Waals surface area contributed by atoms with Crippen molar-refractivity contribution >= 4 is 6.29 Å². The van der Waals surface area contributed by atoms with Crippen molar-refractivity contribution in [2.45, 2.75) is 70.8 Å². The number of aldehydes is 1. The van der Waals surface area contributed by atoms with Gasteiger partial charge in [-0.1, -0.05) is 44.2 Å². The van der Waals surface area contributed by atoms with Crippen molar-refractivity contribution in [3.63, 3.8) is 0 Å². The van der Waals surface area contributed by atoms with Gasteiger partial charge in [-0.25, -0.2) is 0 Å². The number of hydrogen-bond donors (Lipinski definition) is 4. The highest BCUT2D eigenvalue weighted by Gasteiger charge is 2.43. The summed E-state index contributed by atoms with van der Waals surface area (Å²) < 4.78 is 0. The molecule has 5 nitrogen and oxygen atoms in total. The largest absolute Gasteiger partial charge is 0.388 e. The fourth-order valence-electron chi connectivity index (χ4n) is 2.89. The van der Waals surface area contributed by atoms with Crippen LogP contribution in [0, 0.1) is 5.92 Å². The van der Waals surface area contributed by atoms with Crippen molar-refractivity contribution in [2.75, 3.05) is 6.54 Å². The zero-order valence-corrected chi connectivity index (χ0v) is 16.3. The third-order valence-electron chi connectivity index (χ3n) is 4.09. The highest BCUT2D eigenvalue weighted by Crippen LogP contribution is 2.17. The minimum atomic E-state index is -1.28. The minimum absolute atomic E-state index is 0.362. The highest BCUT2D eigenvalue weighted by molar-refractivity contribution is 5.65. The number of rotatable bonds is 10. The molecule has 3 unspecified atom stereocenters. The first kappa shape index (κ1) is 21.8. The molecule has 0 aliphatic carbocycles. The number of aliphatic hydroxyl groups excluding tert-OH is 1. The summed E-state index contributed by atoms with van der Waals surface area (Å²) in [5.74, 6) is 0.502. The Morgan fingerprint density at radius 3 is 2.28 bits per heavy atom. The predicted octanol–water partition coefficient (Wildman–Crippen LogP) is 1.84. The van der Waals surface area contributed by atoms with E-state index in [9.17, 15) is 9.90 Å². The molecule has 5 heteroatoms. The summed E-state index contributed by atoms with van der Waals surface area (Å²) in [4.78, 5) is 12.0. The van der Waals surface area contributed by atoms with E-state index in [0.29, 0.717) is 18.9 Å². The lowest BCUT2D eigenvalue weighted by Crippen LogP contribution is -2.73. The Balaban J connectivity index is 2.95. The number of benzene rings is 1. The molecule has 5 N–H and O–H groups in total. The van der Waals surface area contributed by atoms with Gasteiger partial charge in [0.1, 0.15) is 6.10 Å². The van der Waals surface area contributed by atoms with E-state index >= 15 is 0 Å². The van der Waals surface area contributed by atoms with Crippen molar-refractivity contribution in [1.29, 1.82) is 0 Å². The van der Waals surface area contributed by atoms with Crippen LogP contribution in [-0.4, -0.2) is 41.3 Å². The molecule has 0 aromatic heterocycles. The van der Waals surface area contributed by atoms with Crippen molar-refractivity contribution < 1.29 is 9.90 Å². The monoisotopic (exact) mass is 349 g/mol. The number of nitrogens with two attached hydrogens (primary N) is 1. The number of nitrogens with one attached hydrogen (secondary N) is 2. The molecule has 0 heterocycles. The van der Waals surface area contributed by atoms with E-state index in [1.165, 1.54) is 0 Å². The van der Waals surface area contributed by atoms with E-state index in [4.69, 9.17) is 5.73 Å². The van der Waals surface area contributed by atoms with Gasteiger partial charge in [-0.15, -0.1) is 0 Å². The second kappa shape index (κ2) is 9.43. The first-order chi connectivity index (χ1) is 11.6. The molecule has 3 atom stereocenters. The van der Waals surface area contributed by atoms with Crippen LogP contribution >= 0.6 is 0 Å². The molecule has 1 aromatic rings. The van der Waals surface area contributed by atoms with E-state index in [-0.39, 0.29) is 5.54 Å². The van der Waals surface area contributed by atoms with Crippen LogP contribution in [0.25, 0.3) is 0 Å². The lowest BCUT2D eigenvalue weighted by molar-refractivity contribution is -0.122. The Bertz CT molecular complexity index is 513. The summed E-state index contributed by atoms with van der Waals surface area (Å²) in [6.07, 6.45) is 1.10. The summed E-state index contributed by atoms with van der Waals surface area (Å²) in [5.41, 5.74) is 5.67. The summed E-state index contributed by atoms with van der Waals surface area (Å²) >= 11 is 0. The maximum atomic E-state index is 12.0. The Hall–Kier alpha value is -1.27. The standard InChI is InChI=1S/C20H35N3O2/c1-15(2)11-12-22-20(14-24,23-19(3,4)5)18(25)17(21)13-16-9-7-6-8-10-16/h6-10,14-15,17-18,22-23,25H,11-13,21H2,1-5H3. The second-order valence-corrected chi connectivity index (χ2v) is 8.27. The molecule has 0 amide bonds. The Morgan fingerprint density at radius 2 is 1.80 bits per heavy atom. The summed E-state index contributed by atoms with van der Waals surface area (Å²) in [6, 6.07) is 9.19. The van der Waals surface area contributed by atoms with E-state index < -0.39 is 17.8 Å². The zero-order chi connectivity index (χ0) is 19.1. The van der Waals surface area contributed by atoms with Gasteiger partial charge >= 0.3 is 0 Å². The Kier molecular flexibility index (Phi) is 8.22. The van der Waals surface area contributed by atoms with Gasteiger partial charge in [-0.3, -0.25) is 15.4 Å². The average molecular weight is 350 g/mol. The first-order valence-electron chi connectivity index (χ1n) is 9.08. The van der Waals surface area contributed by atoms with Gasteiger partial charge in [0.15, 0.2) is 11.9 Å². The number of carbonyl (C=O) groups excluding carboxylic acids is 1. The Labute approximate surface area is 152 Å². The van der Waals surface area contributed by atoms with Gasteiger partial charge in [-0.2, -0.15) is 0 Å². The number of aliphatic hydroxyl groups is 1. The van der Waals surface area contributed by atoms with Gasteiger partial charge < -0.3 is 10.8 Å². The van der Waals surface area contributed by atoms with Crippen LogP contribution < -0.4 is 16.4 Å². The molecule has 0 saturated heterocycles. The normalized spacial score (nSPS) is 17.1. The zero-order valence-electron chi connectivity index (χ0n) is 16.3. The van der Waals surface area contributed by atoms with E-state index in [0.717, 1.165) is 18.3 Å². The molecule has 142 valence electrons. The number of carbonyl (C=O) groups is 1. The third-order valence-corrected chi connectivity index (χ3v) is 4.09. The topological polar surface area (TPSA) is 87.4 Å². The van der Waals surface area contributed by atoms with Crippen LogP contribution in [0.2, 0.25) is 0 Å². The lowest BCUT2D eigenvalue weighted by atomic mass is 9.90. The van der Waals surface area contributed by atoms with E-state index in [2.05, 4.69) is 24.5 Å². The SMILES string of the molecule is CC(C)CCNC(C=O)(NC(C)(C)C)C(O)C(N)Cc1ccccc1. The molecule has 0 spiro atoms. The molecule has 25 heavy (non-hydrogen) atoms. The second-order valence-electron chi connectivity index (χ2n) is 8.27. The van der Waals surface area contributed by atoms with Crippen LogP contribution in [-0.2, 0) is 11.2 Å². The van der Waals surface area contributed by atoms with Crippen molar-refractivity contribution in [3.05, 3.63) is 35.9 Å². The quantitative estimate of drug-likeness (QED) is 0.382. The van der Waals surface area contributed by atoms with Crippen LogP contribution in [0.1, 0.15) is 46.6 Å². The molecule has 1 aromatic carbocycles. The summed E-state index contributed by atoms with van der Waals surface area (Å²) in [6.45, 7) is 10.8. The van der Waals surface area contributed by atoms with Gasteiger partial charge in [0, 0.05) is 11.6 Å².